The lowest BCUT2D eigenvalue weighted by molar-refractivity contribution is -0.115. The van der Waals surface area contributed by atoms with E-state index in [-0.39, 0.29) is 23.0 Å². The first-order valence-electron chi connectivity index (χ1n) is 7.62. The summed E-state index contributed by atoms with van der Waals surface area (Å²) in [6.07, 6.45) is 0. The van der Waals surface area contributed by atoms with Gasteiger partial charge in [0.2, 0.25) is 5.76 Å². The minimum absolute atomic E-state index is 0.0560. The second-order valence-electron chi connectivity index (χ2n) is 5.38. The van der Waals surface area contributed by atoms with Crippen LogP contribution in [0, 0.1) is 0 Å². The van der Waals surface area contributed by atoms with Crippen LogP contribution < -0.4 is 10.1 Å². The number of carbonyl (C=O) groups is 1. The molecule has 1 aliphatic heterocycles. The number of benzene rings is 2. The number of hydrogen-bond acceptors (Lipinski definition) is 5. The van der Waals surface area contributed by atoms with Crippen molar-refractivity contribution in [3.05, 3.63) is 65.9 Å². The van der Waals surface area contributed by atoms with Crippen LogP contribution in [0.1, 0.15) is 5.56 Å². The summed E-state index contributed by atoms with van der Waals surface area (Å²) in [4.78, 5) is 12.6. The van der Waals surface area contributed by atoms with Gasteiger partial charge in [-0.25, -0.2) is 8.42 Å². The highest BCUT2D eigenvalue weighted by atomic mass is 32.2. The van der Waals surface area contributed by atoms with E-state index in [1.807, 2.05) is 0 Å². The molecule has 1 amide bonds. The summed E-state index contributed by atoms with van der Waals surface area (Å²) in [5.74, 6) is -0.393. The van der Waals surface area contributed by atoms with Crippen molar-refractivity contribution in [2.45, 2.75) is 0 Å². The van der Waals surface area contributed by atoms with Crippen LogP contribution in [0.2, 0.25) is 0 Å². The zero-order valence-electron chi connectivity index (χ0n) is 13.6. The predicted octanol–water partition coefficient (Wildman–Crippen LogP) is 2.45. The highest BCUT2D eigenvalue weighted by molar-refractivity contribution is 8.00. The van der Waals surface area contributed by atoms with E-state index in [1.54, 1.807) is 54.6 Å². The fourth-order valence-electron chi connectivity index (χ4n) is 2.52. The molecular formula is C18H17NO5S. The summed E-state index contributed by atoms with van der Waals surface area (Å²) in [6, 6.07) is 15.3. The Labute approximate surface area is 146 Å². The van der Waals surface area contributed by atoms with Crippen molar-refractivity contribution >= 4 is 26.3 Å². The van der Waals surface area contributed by atoms with Gasteiger partial charge in [-0.05, 0) is 17.7 Å². The second-order valence-corrected chi connectivity index (χ2v) is 7.42. The summed E-state index contributed by atoms with van der Waals surface area (Å²) in [7, 11) is -2.09. The van der Waals surface area contributed by atoms with Gasteiger partial charge in [0.1, 0.15) is 17.3 Å². The maximum Gasteiger partial charge on any atom is 0.292 e. The van der Waals surface area contributed by atoms with Gasteiger partial charge in [-0.15, -0.1) is 0 Å². The number of methoxy groups -OCH3 is 1. The summed E-state index contributed by atoms with van der Waals surface area (Å²) < 4.78 is 35.6. The van der Waals surface area contributed by atoms with Crippen LogP contribution in [0.4, 0.5) is 5.69 Å². The molecule has 130 valence electrons. The van der Waals surface area contributed by atoms with E-state index in [1.165, 1.54) is 7.11 Å². The van der Waals surface area contributed by atoms with Crippen LogP contribution in [-0.4, -0.2) is 33.8 Å². The molecule has 0 saturated heterocycles. The molecule has 6 nitrogen and oxygen atoms in total. The fraction of sp³-hybridized carbons (Fsp3) is 0.167. The van der Waals surface area contributed by atoms with Gasteiger partial charge in [0.25, 0.3) is 5.91 Å². The molecule has 1 aliphatic rings. The highest BCUT2D eigenvalue weighted by Crippen LogP contribution is 2.30. The molecule has 0 atom stereocenters. The summed E-state index contributed by atoms with van der Waals surface area (Å²) in [5.41, 5.74) is 0.911. The minimum atomic E-state index is -3.61. The van der Waals surface area contributed by atoms with E-state index >= 15 is 0 Å². The first-order valence-corrected chi connectivity index (χ1v) is 9.27. The summed E-state index contributed by atoms with van der Waals surface area (Å²) >= 11 is 0. The number of sulfone groups is 1. The zero-order valence-corrected chi connectivity index (χ0v) is 14.4. The third kappa shape index (κ3) is 3.66. The smallest absolute Gasteiger partial charge is 0.292 e. The molecule has 0 unspecified atom stereocenters. The summed E-state index contributed by atoms with van der Waals surface area (Å²) in [5, 5.41) is 2.66. The highest BCUT2D eigenvalue weighted by Gasteiger charge is 2.33. The third-order valence-electron chi connectivity index (χ3n) is 3.69. The zero-order chi connectivity index (χ0) is 17.9. The molecule has 0 fully saturated rings. The molecule has 2 aromatic carbocycles. The molecule has 2 aromatic rings. The molecule has 7 heteroatoms. The Balaban J connectivity index is 2.01. The van der Waals surface area contributed by atoms with Crippen molar-refractivity contribution in [1.29, 1.82) is 0 Å². The minimum Gasteiger partial charge on any atom is -0.497 e. The van der Waals surface area contributed by atoms with Crippen molar-refractivity contribution in [2.75, 3.05) is 24.8 Å². The number of nitrogens with one attached hydrogen (secondary N) is 1. The molecule has 0 saturated carbocycles. The number of carbonyl (C=O) groups excluding carboxylic acids is 1. The van der Waals surface area contributed by atoms with Crippen LogP contribution in [0.3, 0.4) is 0 Å². The van der Waals surface area contributed by atoms with Crippen molar-refractivity contribution in [1.82, 2.24) is 0 Å². The fourth-order valence-corrected chi connectivity index (χ4v) is 3.96. The van der Waals surface area contributed by atoms with Crippen molar-refractivity contribution in [2.24, 2.45) is 0 Å². The van der Waals surface area contributed by atoms with Gasteiger partial charge in [-0.1, -0.05) is 36.4 Å². The molecule has 1 heterocycles. The lowest BCUT2D eigenvalue weighted by Gasteiger charge is -2.21. The monoisotopic (exact) mass is 359 g/mol. The topological polar surface area (TPSA) is 81.7 Å². The molecule has 0 aliphatic carbocycles. The number of rotatable bonds is 4. The lowest BCUT2D eigenvalue weighted by Crippen LogP contribution is -2.28. The molecule has 3 rings (SSSR count). The van der Waals surface area contributed by atoms with Gasteiger partial charge in [0.15, 0.2) is 9.84 Å². The predicted molar refractivity (Wildman–Crippen MR) is 94.7 cm³/mol. The Morgan fingerprint density at radius 1 is 1.12 bits per heavy atom. The SMILES string of the molecule is COc1cccc(NC(=O)C2=C(c3ccccc3)S(=O)(=O)CCO2)c1. The van der Waals surface area contributed by atoms with Gasteiger partial charge >= 0.3 is 0 Å². The van der Waals surface area contributed by atoms with E-state index in [0.29, 0.717) is 17.0 Å². The maximum atomic E-state index is 12.6. The van der Waals surface area contributed by atoms with Crippen molar-refractivity contribution in [3.63, 3.8) is 0 Å². The largest absolute Gasteiger partial charge is 0.497 e. The van der Waals surface area contributed by atoms with E-state index in [9.17, 15) is 13.2 Å². The first kappa shape index (κ1) is 17.0. The second kappa shape index (κ2) is 6.98. The molecule has 0 spiro atoms. The average molecular weight is 359 g/mol. The quantitative estimate of drug-likeness (QED) is 0.907. The molecule has 25 heavy (non-hydrogen) atoms. The van der Waals surface area contributed by atoms with Crippen LogP contribution in [-0.2, 0) is 19.4 Å². The van der Waals surface area contributed by atoms with Crippen LogP contribution in [0.5, 0.6) is 5.75 Å². The molecule has 0 aromatic heterocycles. The average Bonchev–Trinajstić information content (AvgIpc) is 2.61. The Morgan fingerprint density at radius 3 is 2.60 bits per heavy atom. The van der Waals surface area contributed by atoms with Gasteiger partial charge < -0.3 is 14.8 Å². The Kier molecular flexibility index (Phi) is 4.76. The van der Waals surface area contributed by atoms with Gasteiger partial charge in [0, 0.05) is 11.8 Å². The molecule has 0 bridgehead atoms. The first-order chi connectivity index (χ1) is 12.0. The van der Waals surface area contributed by atoms with Crippen molar-refractivity contribution in [3.8, 4) is 5.75 Å². The summed E-state index contributed by atoms with van der Waals surface area (Å²) in [6.45, 7) is -0.0560. The molecule has 1 N–H and O–H groups in total. The third-order valence-corrected chi connectivity index (χ3v) is 5.43. The number of ether oxygens (including phenoxy) is 2. The van der Waals surface area contributed by atoms with Crippen LogP contribution in [0.15, 0.2) is 60.4 Å². The number of amides is 1. The standard InChI is InChI=1S/C18H17NO5S/c1-23-15-9-5-8-14(12-15)19-18(20)16-17(13-6-3-2-4-7-13)25(21,22)11-10-24-16/h2-9,12H,10-11H2,1H3,(H,19,20). The maximum absolute atomic E-state index is 12.6. The van der Waals surface area contributed by atoms with E-state index < -0.39 is 15.7 Å². The van der Waals surface area contributed by atoms with Crippen molar-refractivity contribution < 1.29 is 22.7 Å². The van der Waals surface area contributed by atoms with Gasteiger partial charge in [0.05, 0.1) is 12.9 Å². The number of anilines is 1. The Hall–Kier alpha value is -2.80. The van der Waals surface area contributed by atoms with E-state index in [2.05, 4.69) is 5.32 Å². The van der Waals surface area contributed by atoms with E-state index in [4.69, 9.17) is 9.47 Å². The van der Waals surface area contributed by atoms with Gasteiger partial charge in [-0.3, -0.25) is 4.79 Å². The normalized spacial score (nSPS) is 16.0. The lowest BCUT2D eigenvalue weighted by atomic mass is 10.2. The van der Waals surface area contributed by atoms with Gasteiger partial charge in [-0.2, -0.15) is 0 Å². The van der Waals surface area contributed by atoms with E-state index in [0.717, 1.165) is 0 Å². The Morgan fingerprint density at radius 2 is 1.88 bits per heavy atom. The Bertz CT molecular complexity index is 919. The molecule has 0 radical (unpaired) electrons. The molecular weight excluding hydrogens is 342 g/mol. The number of hydrogen-bond donors (Lipinski definition) is 1. The van der Waals surface area contributed by atoms with Crippen LogP contribution in [0.25, 0.3) is 4.91 Å². The van der Waals surface area contributed by atoms with Crippen LogP contribution >= 0.6 is 0 Å².